The predicted molar refractivity (Wildman–Crippen MR) is 117 cm³/mol. The van der Waals surface area contributed by atoms with Crippen LogP contribution >= 0.6 is 0 Å². The average Bonchev–Trinajstić information content (AvgIpc) is 3.24. The molecule has 9 heteroatoms. The van der Waals surface area contributed by atoms with E-state index in [1.54, 1.807) is 19.2 Å². The molecule has 2 aromatic carbocycles. The average molecular weight is 436 g/mol. The number of rotatable bonds is 7. The first-order valence-corrected chi connectivity index (χ1v) is 10.1. The molecule has 0 aliphatic rings. The fourth-order valence-corrected chi connectivity index (χ4v) is 3.37. The van der Waals surface area contributed by atoms with Gasteiger partial charge in [0.1, 0.15) is 29.0 Å². The molecule has 0 radical (unpaired) electrons. The highest BCUT2D eigenvalue weighted by Crippen LogP contribution is 2.28. The standard InChI is InChI=1S/C23H21FN4O4/c1-3-31-18-7-5-4-6-17(18)27(2)19(29)12-13-28-14-25-22-20(23(28)30)21(26-32-22)15-8-10-16(24)11-9-15/h4-11,14H,3,12-13H2,1-2H3. The molecule has 0 bridgehead atoms. The van der Waals surface area contributed by atoms with Crippen molar-refractivity contribution in [2.75, 3.05) is 18.6 Å². The van der Waals surface area contributed by atoms with Crippen LogP contribution in [0.3, 0.4) is 0 Å². The van der Waals surface area contributed by atoms with Gasteiger partial charge in [0.25, 0.3) is 11.3 Å². The van der Waals surface area contributed by atoms with E-state index in [0.717, 1.165) is 0 Å². The maximum Gasteiger partial charge on any atom is 0.266 e. The van der Waals surface area contributed by atoms with E-state index in [1.807, 2.05) is 19.1 Å². The van der Waals surface area contributed by atoms with E-state index < -0.39 is 5.82 Å². The second-order valence-corrected chi connectivity index (χ2v) is 7.06. The molecule has 0 atom stereocenters. The van der Waals surface area contributed by atoms with Crippen molar-refractivity contribution in [1.29, 1.82) is 0 Å². The smallest absolute Gasteiger partial charge is 0.266 e. The number of fused-ring (bicyclic) bond motifs is 1. The van der Waals surface area contributed by atoms with Crippen molar-refractivity contribution in [3.8, 4) is 17.0 Å². The van der Waals surface area contributed by atoms with Gasteiger partial charge in [-0.05, 0) is 43.3 Å². The van der Waals surface area contributed by atoms with Crippen LogP contribution in [0.1, 0.15) is 13.3 Å². The minimum absolute atomic E-state index is 0.0706. The lowest BCUT2D eigenvalue weighted by Crippen LogP contribution is -2.29. The van der Waals surface area contributed by atoms with Gasteiger partial charge in [-0.15, -0.1) is 0 Å². The second-order valence-electron chi connectivity index (χ2n) is 7.06. The highest BCUT2D eigenvalue weighted by Gasteiger charge is 2.19. The van der Waals surface area contributed by atoms with Gasteiger partial charge in [0.15, 0.2) is 0 Å². The first-order valence-electron chi connectivity index (χ1n) is 10.1. The quantitative estimate of drug-likeness (QED) is 0.439. The number of halogens is 1. The molecule has 164 valence electrons. The lowest BCUT2D eigenvalue weighted by molar-refractivity contribution is -0.118. The number of hydrogen-bond acceptors (Lipinski definition) is 6. The minimum atomic E-state index is -0.398. The number of nitrogens with zero attached hydrogens (tertiary/aromatic N) is 4. The third kappa shape index (κ3) is 4.09. The molecular weight excluding hydrogens is 415 g/mol. The van der Waals surface area contributed by atoms with Crippen molar-refractivity contribution in [2.45, 2.75) is 19.9 Å². The van der Waals surface area contributed by atoms with Crippen LogP contribution in [0.5, 0.6) is 5.75 Å². The highest BCUT2D eigenvalue weighted by atomic mass is 19.1. The van der Waals surface area contributed by atoms with Gasteiger partial charge in [-0.1, -0.05) is 17.3 Å². The Morgan fingerprint density at radius 2 is 1.94 bits per heavy atom. The minimum Gasteiger partial charge on any atom is -0.492 e. The van der Waals surface area contributed by atoms with E-state index in [1.165, 1.54) is 40.1 Å². The zero-order valence-electron chi connectivity index (χ0n) is 17.6. The number of aryl methyl sites for hydroxylation is 1. The zero-order valence-corrected chi connectivity index (χ0v) is 17.6. The molecular formula is C23H21FN4O4. The van der Waals surface area contributed by atoms with E-state index in [9.17, 15) is 14.0 Å². The first-order chi connectivity index (χ1) is 15.5. The highest BCUT2D eigenvalue weighted by molar-refractivity contribution is 5.94. The number of benzene rings is 2. The Bertz CT molecular complexity index is 1310. The summed E-state index contributed by atoms with van der Waals surface area (Å²) in [7, 11) is 1.66. The monoisotopic (exact) mass is 436 g/mol. The fourth-order valence-electron chi connectivity index (χ4n) is 3.37. The number of carbonyl (C=O) groups is 1. The molecule has 32 heavy (non-hydrogen) atoms. The number of carbonyl (C=O) groups excluding carboxylic acids is 1. The van der Waals surface area contributed by atoms with Gasteiger partial charge in [0.05, 0.1) is 12.3 Å². The molecule has 0 N–H and O–H groups in total. The largest absolute Gasteiger partial charge is 0.492 e. The summed E-state index contributed by atoms with van der Waals surface area (Å²) >= 11 is 0. The first kappa shape index (κ1) is 21.2. The molecule has 2 heterocycles. The summed E-state index contributed by atoms with van der Waals surface area (Å²) in [4.78, 5) is 31.5. The molecule has 0 fully saturated rings. The third-order valence-electron chi connectivity index (χ3n) is 5.05. The Hall–Kier alpha value is -4.01. The van der Waals surface area contributed by atoms with Crippen molar-refractivity contribution < 1.29 is 18.4 Å². The van der Waals surface area contributed by atoms with Gasteiger partial charge in [-0.2, -0.15) is 0 Å². The van der Waals surface area contributed by atoms with Crippen LogP contribution in [-0.4, -0.2) is 34.3 Å². The number of anilines is 1. The third-order valence-corrected chi connectivity index (χ3v) is 5.05. The van der Waals surface area contributed by atoms with Crippen LogP contribution in [-0.2, 0) is 11.3 Å². The van der Waals surface area contributed by atoms with Gasteiger partial charge in [0.2, 0.25) is 5.91 Å². The summed E-state index contributed by atoms with van der Waals surface area (Å²) in [5, 5.41) is 4.11. The number of aromatic nitrogens is 3. The lowest BCUT2D eigenvalue weighted by atomic mass is 10.1. The summed E-state index contributed by atoms with van der Waals surface area (Å²) < 4.78 is 25.4. The molecule has 1 amide bonds. The summed E-state index contributed by atoms with van der Waals surface area (Å²) in [6.45, 7) is 2.48. The van der Waals surface area contributed by atoms with E-state index in [-0.39, 0.29) is 41.2 Å². The van der Waals surface area contributed by atoms with Crippen molar-refractivity contribution in [3.05, 3.63) is 71.0 Å². The van der Waals surface area contributed by atoms with Crippen molar-refractivity contribution in [1.82, 2.24) is 14.7 Å². The van der Waals surface area contributed by atoms with Gasteiger partial charge in [-0.3, -0.25) is 14.2 Å². The molecule has 0 unspecified atom stereocenters. The summed E-state index contributed by atoms with van der Waals surface area (Å²) in [6, 6.07) is 12.8. The maximum absolute atomic E-state index is 13.3. The SMILES string of the molecule is CCOc1ccccc1N(C)C(=O)CCn1cnc2onc(-c3ccc(F)cc3)c2c1=O. The molecule has 0 spiro atoms. The Kier molecular flexibility index (Phi) is 5.98. The van der Waals surface area contributed by atoms with Crippen LogP contribution in [0.15, 0.2) is 64.2 Å². The number of para-hydroxylation sites is 2. The van der Waals surface area contributed by atoms with Crippen molar-refractivity contribution >= 4 is 22.7 Å². The Balaban J connectivity index is 1.57. The van der Waals surface area contributed by atoms with E-state index >= 15 is 0 Å². The molecule has 4 aromatic rings. The lowest BCUT2D eigenvalue weighted by Gasteiger charge is -2.20. The van der Waals surface area contributed by atoms with E-state index in [4.69, 9.17) is 9.26 Å². The van der Waals surface area contributed by atoms with Crippen LogP contribution in [0.25, 0.3) is 22.4 Å². The van der Waals surface area contributed by atoms with Crippen LogP contribution in [0, 0.1) is 5.82 Å². The fraction of sp³-hybridized carbons (Fsp3) is 0.217. The molecule has 2 aromatic heterocycles. The molecule has 0 saturated heterocycles. The summed E-state index contributed by atoms with van der Waals surface area (Å²) in [5.41, 5.74) is 1.16. The zero-order chi connectivity index (χ0) is 22.7. The van der Waals surface area contributed by atoms with Gasteiger partial charge < -0.3 is 14.2 Å². The Morgan fingerprint density at radius 1 is 1.19 bits per heavy atom. The van der Waals surface area contributed by atoms with Gasteiger partial charge >= 0.3 is 0 Å². The van der Waals surface area contributed by atoms with Gasteiger partial charge in [-0.25, -0.2) is 9.37 Å². The molecule has 0 saturated carbocycles. The number of amides is 1. The molecule has 0 aliphatic heterocycles. The maximum atomic E-state index is 13.3. The molecule has 8 nitrogen and oxygen atoms in total. The van der Waals surface area contributed by atoms with Crippen LogP contribution in [0.4, 0.5) is 10.1 Å². The van der Waals surface area contributed by atoms with Crippen molar-refractivity contribution in [3.63, 3.8) is 0 Å². The molecule has 0 aliphatic carbocycles. The van der Waals surface area contributed by atoms with Crippen LogP contribution < -0.4 is 15.2 Å². The van der Waals surface area contributed by atoms with Crippen LogP contribution in [0.2, 0.25) is 0 Å². The predicted octanol–water partition coefficient (Wildman–Crippen LogP) is 3.64. The van der Waals surface area contributed by atoms with Crippen molar-refractivity contribution in [2.24, 2.45) is 0 Å². The number of hydrogen-bond donors (Lipinski definition) is 0. The Labute approximate surface area is 182 Å². The molecule has 4 rings (SSSR count). The summed E-state index contributed by atoms with van der Waals surface area (Å²) in [5.74, 6) is 0.0263. The van der Waals surface area contributed by atoms with E-state index in [2.05, 4.69) is 10.1 Å². The number of ether oxygens (including phenoxy) is 1. The second kappa shape index (κ2) is 9.01. The van der Waals surface area contributed by atoms with Gasteiger partial charge in [0, 0.05) is 25.6 Å². The Morgan fingerprint density at radius 3 is 2.69 bits per heavy atom. The van der Waals surface area contributed by atoms with E-state index in [0.29, 0.717) is 23.6 Å². The topological polar surface area (TPSA) is 90.5 Å². The summed E-state index contributed by atoms with van der Waals surface area (Å²) in [6.07, 6.45) is 1.40. The normalized spacial score (nSPS) is 11.0.